The fourth-order valence-corrected chi connectivity index (χ4v) is 2.57. The number of nitrogens with one attached hydrogen (secondary N) is 1. The van der Waals surface area contributed by atoms with Crippen LogP contribution in [0.4, 0.5) is 5.82 Å². The van der Waals surface area contributed by atoms with Crippen LogP contribution in [0, 0.1) is 0 Å². The first-order valence-corrected chi connectivity index (χ1v) is 7.55. The molecule has 6 nitrogen and oxygen atoms in total. The van der Waals surface area contributed by atoms with Crippen LogP contribution in [0.5, 0.6) is 0 Å². The standard InChI is InChI=1S/C14H14BrClN4O2/c1-17-13(22)11-12(19(2)8-21)18-14(15)20(11)7-9-3-5-10(16)6-4-9/h3-6,8H,7H2,1-2H3,(H,17,22). The molecule has 0 spiro atoms. The van der Waals surface area contributed by atoms with Gasteiger partial charge in [0.15, 0.2) is 16.2 Å². The van der Waals surface area contributed by atoms with E-state index >= 15 is 0 Å². The number of imidazole rings is 1. The Hall–Kier alpha value is -1.86. The molecule has 1 aromatic carbocycles. The Bertz CT molecular complexity index is 700. The van der Waals surface area contributed by atoms with E-state index in [4.69, 9.17) is 11.6 Å². The van der Waals surface area contributed by atoms with Crippen LogP contribution in [0.15, 0.2) is 29.0 Å². The monoisotopic (exact) mass is 384 g/mol. The van der Waals surface area contributed by atoms with E-state index in [0.717, 1.165) is 5.56 Å². The first-order valence-electron chi connectivity index (χ1n) is 6.38. The molecule has 0 bridgehead atoms. The molecule has 0 atom stereocenters. The third kappa shape index (κ3) is 3.31. The molecule has 0 aliphatic heterocycles. The first kappa shape index (κ1) is 16.5. The van der Waals surface area contributed by atoms with Crippen molar-refractivity contribution >= 4 is 45.7 Å². The topological polar surface area (TPSA) is 67.2 Å². The van der Waals surface area contributed by atoms with Crippen LogP contribution in [0.1, 0.15) is 16.1 Å². The third-order valence-corrected chi connectivity index (χ3v) is 3.95. The zero-order valence-electron chi connectivity index (χ0n) is 12.0. The van der Waals surface area contributed by atoms with E-state index < -0.39 is 0 Å². The molecule has 2 amide bonds. The predicted octanol–water partition coefficient (Wildman–Crippen LogP) is 2.30. The minimum absolute atomic E-state index is 0.287. The van der Waals surface area contributed by atoms with Crippen molar-refractivity contribution in [3.05, 3.63) is 45.3 Å². The van der Waals surface area contributed by atoms with Crippen LogP contribution in [-0.4, -0.2) is 36.0 Å². The van der Waals surface area contributed by atoms with Crippen LogP contribution >= 0.6 is 27.5 Å². The predicted molar refractivity (Wildman–Crippen MR) is 88.3 cm³/mol. The maximum atomic E-state index is 12.2. The Labute approximate surface area is 141 Å². The van der Waals surface area contributed by atoms with E-state index in [-0.39, 0.29) is 11.7 Å². The summed E-state index contributed by atoms with van der Waals surface area (Å²) in [7, 11) is 3.07. The molecule has 0 aliphatic rings. The summed E-state index contributed by atoms with van der Waals surface area (Å²) in [4.78, 5) is 28.7. The fourth-order valence-electron chi connectivity index (χ4n) is 1.97. The number of carbonyl (C=O) groups excluding carboxylic acids is 2. The molecule has 116 valence electrons. The van der Waals surface area contributed by atoms with Gasteiger partial charge in [0.2, 0.25) is 6.41 Å². The number of halogens is 2. The average molecular weight is 386 g/mol. The minimum Gasteiger partial charge on any atom is -0.354 e. The van der Waals surface area contributed by atoms with Gasteiger partial charge in [-0.3, -0.25) is 9.59 Å². The highest BCUT2D eigenvalue weighted by Crippen LogP contribution is 2.25. The number of rotatable bonds is 5. The van der Waals surface area contributed by atoms with E-state index in [1.807, 2.05) is 12.1 Å². The summed E-state index contributed by atoms with van der Waals surface area (Å²) >= 11 is 9.21. The van der Waals surface area contributed by atoms with Crippen molar-refractivity contribution in [3.63, 3.8) is 0 Å². The molecule has 1 N–H and O–H groups in total. The van der Waals surface area contributed by atoms with Crippen LogP contribution in [0.25, 0.3) is 0 Å². The molecule has 2 rings (SSSR count). The van der Waals surface area contributed by atoms with Gasteiger partial charge in [0, 0.05) is 19.1 Å². The Balaban J connectivity index is 2.49. The van der Waals surface area contributed by atoms with Crippen molar-refractivity contribution in [1.29, 1.82) is 0 Å². The van der Waals surface area contributed by atoms with Crippen molar-refractivity contribution in [2.24, 2.45) is 0 Å². The zero-order chi connectivity index (χ0) is 16.3. The SMILES string of the molecule is CNC(=O)c1c(N(C)C=O)nc(Br)n1Cc1ccc(Cl)cc1. The van der Waals surface area contributed by atoms with Gasteiger partial charge in [-0.1, -0.05) is 23.7 Å². The number of carbonyl (C=O) groups is 2. The highest BCUT2D eigenvalue weighted by molar-refractivity contribution is 9.10. The number of benzene rings is 1. The van der Waals surface area contributed by atoms with Gasteiger partial charge in [0.25, 0.3) is 5.91 Å². The summed E-state index contributed by atoms with van der Waals surface area (Å²) in [5.41, 5.74) is 1.26. The van der Waals surface area contributed by atoms with Crippen molar-refractivity contribution < 1.29 is 9.59 Å². The maximum absolute atomic E-state index is 12.2. The smallest absolute Gasteiger partial charge is 0.271 e. The zero-order valence-corrected chi connectivity index (χ0v) is 14.3. The summed E-state index contributed by atoms with van der Waals surface area (Å²) in [6.07, 6.45) is 0.605. The summed E-state index contributed by atoms with van der Waals surface area (Å²) in [6, 6.07) is 7.29. The summed E-state index contributed by atoms with van der Waals surface area (Å²) in [5.74, 6) is -0.0361. The van der Waals surface area contributed by atoms with Gasteiger partial charge < -0.3 is 14.8 Å². The number of anilines is 1. The van der Waals surface area contributed by atoms with E-state index in [1.54, 1.807) is 23.7 Å². The molecule has 8 heteroatoms. The van der Waals surface area contributed by atoms with Crippen molar-refractivity contribution in [2.75, 3.05) is 19.0 Å². The Kier molecular flexibility index (Phi) is 5.20. The Morgan fingerprint density at radius 1 is 1.45 bits per heavy atom. The second-order valence-corrected chi connectivity index (χ2v) is 5.71. The molecule has 0 aliphatic carbocycles. The molecule has 0 radical (unpaired) electrons. The maximum Gasteiger partial charge on any atom is 0.271 e. The normalized spacial score (nSPS) is 10.4. The van der Waals surface area contributed by atoms with Gasteiger partial charge in [0.05, 0.1) is 6.54 Å². The Morgan fingerprint density at radius 2 is 2.09 bits per heavy atom. The van der Waals surface area contributed by atoms with Gasteiger partial charge in [0.1, 0.15) is 0 Å². The summed E-state index contributed by atoms with van der Waals surface area (Å²) in [5, 5.41) is 3.21. The molecule has 0 saturated heterocycles. The van der Waals surface area contributed by atoms with Gasteiger partial charge in [-0.2, -0.15) is 0 Å². The summed E-state index contributed by atoms with van der Waals surface area (Å²) in [6.45, 7) is 0.417. The second-order valence-electron chi connectivity index (χ2n) is 4.56. The third-order valence-electron chi connectivity index (χ3n) is 3.09. The molecule has 0 saturated carbocycles. The lowest BCUT2D eigenvalue weighted by Crippen LogP contribution is -2.26. The molecular weight excluding hydrogens is 372 g/mol. The molecule has 1 heterocycles. The molecule has 22 heavy (non-hydrogen) atoms. The number of aromatic nitrogens is 2. The molecular formula is C14H14BrClN4O2. The fraction of sp³-hybridized carbons (Fsp3) is 0.214. The molecule has 1 aromatic heterocycles. The Morgan fingerprint density at radius 3 is 2.64 bits per heavy atom. The number of amides is 2. The van der Waals surface area contributed by atoms with E-state index in [2.05, 4.69) is 26.2 Å². The lowest BCUT2D eigenvalue weighted by molar-refractivity contribution is -0.107. The van der Waals surface area contributed by atoms with E-state index in [1.165, 1.54) is 11.9 Å². The van der Waals surface area contributed by atoms with Crippen molar-refractivity contribution in [3.8, 4) is 0 Å². The summed E-state index contributed by atoms with van der Waals surface area (Å²) < 4.78 is 2.15. The van der Waals surface area contributed by atoms with Gasteiger partial charge >= 0.3 is 0 Å². The van der Waals surface area contributed by atoms with Crippen LogP contribution in [-0.2, 0) is 11.3 Å². The van der Waals surface area contributed by atoms with Crippen LogP contribution in [0.2, 0.25) is 5.02 Å². The van der Waals surface area contributed by atoms with E-state index in [9.17, 15) is 9.59 Å². The number of nitrogens with zero attached hydrogens (tertiary/aromatic N) is 3. The lowest BCUT2D eigenvalue weighted by atomic mass is 10.2. The number of hydrogen-bond donors (Lipinski definition) is 1. The van der Waals surface area contributed by atoms with Gasteiger partial charge in [-0.25, -0.2) is 4.98 Å². The van der Waals surface area contributed by atoms with Crippen molar-refractivity contribution in [1.82, 2.24) is 14.9 Å². The first-order chi connectivity index (χ1) is 10.5. The molecule has 2 aromatic rings. The van der Waals surface area contributed by atoms with Gasteiger partial charge in [-0.05, 0) is 33.6 Å². The highest BCUT2D eigenvalue weighted by atomic mass is 79.9. The van der Waals surface area contributed by atoms with Gasteiger partial charge in [-0.15, -0.1) is 0 Å². The number of hydrogen-bond acceptors (Lipinski definition) is 3. The van der Waals surface area contributed by atoms with Crippen LogP contribution in [0.3, 0.4) is 0 Å². The lowest BCUT2D eigenvalue weighted by Gasteiger charge is -2.12. The van der Waals surface area contributed by atoms with Crippen molar-refractivity contribution in [2.45, 2.75) is 6.54 Å². The largest absolute Gasteiger partial charge is 0.354 e. The molecule has 0 unspecified atom stereocenters. The minimum atomic E-state index is -0.323. The van der Waals surface area contributed by atoms with E-state index in [0.29, 0.717) is 28.4 Å². The van der Waals surface area contributed by atoms with Crippen LogP contribution < -0.4 is 10.2 Å². The highest BCUT2D eigenvalue weighted by Gasteiger charge is 2.23. The quantitative estimate of drug-likeness (QED) is 0.803. The second kappa shape index (κ2) is 6.93. The average Bonchev–Trinajstić information content (AvgIpc) is 2.85. The molecule has 0 fully saturated rings.